The third-order valence-electron chi connectivity index (χ3n) is 2.04. The third kappa shape index (κ3) is 2.98. The van der Waals surface area contributed by atoms with E-state index in [1.807, 2.05) is 30.3 Å². The van der Waals surface area contributed by atoms with E-state index in [1.54, 1.807) is 25.1 Å². The van der Waals surface area contributed by atoms with Crippen molar-refractivity contribution in [1.82, 2.24) is 0 Å². The fourth-order valence-corrected chi connectivity index (χ4v) is 1.31. The molecule has 0 atom stereocenters. The molecule has 0 saturated heterocycles. The molecule has 0 bridgehead atoms. The largest absolute Gasteiger partial charge is 0.192 e. The first kappa shape index (κ1) is 12.0. The lowest BCUT2D eigenvalue weighted by molar-refractivity contribution is 1.40. The van der Waals surface area contributed by atoms with Gasteiger partial charge in [0.2, 0.25) is 0 Å². The van der Waals surface area contributed by atoms with E-state index in [1.165, 1.54) is 0 Å². The van der Waals surface area contributed by atoms with Gasteiger partial charge in [0.1, 0.15) is 17.7 Å². The van der Waals surface area contributed by atoms with E-state index < -0.39 is 0 Å². The summed E-state index contributed by atoms with van der Waals surface area (Å²) in [5.74, 6) is 0. The summed E-state index contributed by atoms with van der Waals surface area (Å²) in [6, 6.07) is 11.0. The van der Waals surface area contributed by atoms with Gasteiger partial charge in [-0.05, 0) is 24.1 Å². The van der Waals surface area contributed by atoms with Gasteiger partial charge in [-0.1, -0.05) is 42.0 Å². The fraction of sp³-hybridized carbons (Fsp3) is 0.0769. The Kier molecular flexibility index (Phi) is 4.33. The molecule has 1 rings (SSSR count). The van der Waals surface area contributed by atoms with Gasteiger partial charge in [-0.2, -0.15) is 10.5 Å². The number of hydrogen-bond donors (Lipinski definition) is 0. The van der Waals surface area contributed by atoms with Crippen molar-refractivity contribution < 1.29 is 0 Å². The molecule has 0 N–H and O–H groups in total. The maximum absolute atomic E-state index is 8.66. The highest BCUT2D eigenvalue weighted by molar-refractivity contribution is 6.32. The highest BCUT2D eigenvalue weighted by atomic mass is 35.5. The molecule has 16 heavy (non-hydrogen) atoms. The molecule has 0 saturated carbocycles. The topological polar surface area (TPSA) is 47.6 Å². The maximum atomic E-state index is 8.66. The Hall–Kier alpha value is -2.03. The van der Waals surface area contributed by atoms with Gasteiger partial charge >= 0.3 is 0 Å². The van der Waals surface area contributed by atoms with E-state index in [4.69, 9.17) is 22.1 Å². The molecule has 0 heterocycles. The summed E-state index contributed by atoms with van der Waals surface area (Å²) in [5.41, 5.74) is 1.60. The molecule has 0 unspecified atom stereocenters. The third-order valence-corrected chi connectivity index (χ3v) is 2.38. The van der Waals surface area contributed by atoms with E-state index in [9.17, 15) is 0 Å². The molecule has 0 fully saturated rings. The molecule has 0 aliphatic rings. The maximum Gasteiger partial charge on any atom is 0.132 e. The zero-order chi connectivity index (χ0) is 12.0. The Balaban J connectivity index is 3.01. The number of rotatable bonds is 2. The van der Waals surface area contributed by atoms with Gasteiger partial charge in [0.15, 0.2) is 0 Å². The van der Waals surface area contributed by atoms with Gasteiger partial charge < -0.3 is 0 Å². The lowest BCUT2D eigenvalue weighted by atomic mass is 10.1. The quantitative estimate of drug-likeness (QED) is 0.572. The minimum Gasteiger partial charge on any atom is -0.192 e. The number of nitriles is 2. The molecule has 0 aromatic heterocycles. The predicted octanol–water partition coefficient (Wildman–Crippen LogP) is 3.72. The highest BCUT2D eigenvalue weighted by Crippen LogP contribution is 2.17. The van der Waals surface area contributed by atoms with E-state index in [2.05, 4.69) is 0 Å². The van der Waals surface area contributed by atoms with E-state index in [0.717, 1.165) is 5.56 Å². The van der Waals surface area contributed by atoms with E-state index in [0.29, 0.717) is 10.6 Å². The first-order valence-electron chi connectivity index (χ1n) is 4.62. The number of nitrogens with zero attached hydrogens (tertiary/aromatic N) is 2. The summed E-state index contributed by atoms with van der Waals surface area (Å²) in [6.45, 7) is 1.72. The van der Waals surface area contributed by atoms with Gasteiger partial charge in [-0.3, -0.25) is 0 Å². The van der Waals surface area contributed by atoms with Crippen molar-refractivity contribution in [2.45, 2.75) is 6.92 Å². The van der Waals surface area contributed by atoms with Crippen LogP contribution in [0.5, 0.6) is 0 Å². The smallest absolute Gasteiger partial charge is 0.132 e. The summed E-state index contributed by atoms with van der Waals surface area (Å²) in [4.78, 5) is 0. The highest BCUT2D eigenvalue weighted by Gasteiger charge is 1.97. The summed E-state index contributed by atoms with van der Waals surface area (Å²) < 4.78 is 0. The Labute approximate surface area is 99.7 Å². The minimum atomic E-state index is 0.114. The van der Waals surface area contributed by atoms with Crippen LogP contribution in [0, 0.1) is 22.7 Å². The van der Waals surface area contributed by atoms with Crippen LogP contribution in [-0.4, -0.2) is 0 Å². The van der Waals surface area contributed by atoms with Crippen molar-refractivity contribution in [3.63, 3.8) is 0 Å². The Bertz CT molecular complexity index is 512. The van der Waals surface area contributed by atoms with E-state index in [-0.39, 0.29) is 5.57 Å². The number of benzene rings is 1. The molecular formula is C13H9ClN2. The summed E-state index contributed by atoms with van der Waals surface area (Å²) in [6.07, 6.45) is 3.50. The van der Waals surface area contributed by atoms with Crippen molar-refractivity contribution in [1.29, 1.82) is 10.5 Å². The van der Waals surface area contributed by atoms with Gasteiger partial charge in [0.05, 0.1) is 0 Å². The number of allylic oxidation sites excluding steroid dienone is 3. The molecular weight excluding hydrogens is 220 g/mol. The van der Waals surface area contributed by atoms with Crippen LogP contribution >= 0.6 is 11.6 Å². The normalized spacial score (nSPS) is 9.50. The summed E-state index contributed by atoms with van der Waals surface area (Å²) in [5, 5.41) is 18.0. The van der Waals surface area contributed by atoms with Crippen LogP contribution in [0.15, 0.2) is 41.5 Å². The Morgan fingerprint density at radius 3 is 2.44 bits per heavy atom. The van der Waals surface area contributed by atoms with Gasteiger partial charge in [0, 0.05) is 5.02 Å². The average Bonchev–Trinajstić information content (AvgIpc) is 2.29. The SMILES string of the molecule is CC(/C=C/c1ccccc1Cl)=C(C#N)C#N. The standard InChI is InChI=1S/C13H9ClN2/c1-10(12(8-15)9-16)6-7-11-4-2-3-5-13(11)14/h2-7H,1H3/b7-6+. The van der Waals surface area contributed by atoms with Crippen LogP contribution in [0.1, 0.15) is 12.5 Å². The van der Waals surface area contributed by atoms with Crippen molar-refractivity contribution in [3.8, 4) is 12.1 Å². The van der Waals surface area contributed by atoms with Crippen LogP contribution < -0.4 is 0 Å². The molecule has 0 radical (unpaired) electrons. The monoisotopic (exact) mass is 228 g/mol. The van der Waals surface area contributed by atoms with Gasteiger partial charge in [0.25, 0.3) is 0 Å². The van der Waals surface area contributed by atoms with Crippen LogP contribution in [0.4, 0.5) is 0 Å². The van der Waals surface area contributed by atoms with Crippen LogP contribution in [0.25, 0.3) is 6.08 Å². The second kappa shape index (κ2) is 5.75. The number of hydrogen-bond acceptors (Lipinski definition) is 2. The Morgan fingerprint density at radius 2 is 1.88 bits per heavy atom. The zero-order valence-electron chi connectivity index (χ0n) is 8.74. The molecule has 0 amide bonds. The van der Waals surface area contributed by atoms with Crippen molar-refractivity contribution >= 4 is 17.7 Å². The van der Waals surface area contributed by atoms with Crippen LogP contribution in [-0.2, 0) is 0 Å². The number of halogens is 1. The summed E-state index contributed by atoms with van der Waals surface area (Å²) in [7, 11) is 0. The van der Waals surface area contributed by atoms with Crippen LogP contribution in [0.2, 0.25) is 5.02 Å². The molecule has 0 spiro atoms. The first-order valence-corrected chi connectivity index (χ1v) is 5.00. The lowest BCUT2D eigenvalue weighted by Gasteiger charge is -1.96. The second-order valence-electron chi connectivity index (χ2n) is 3.14. The van der Waals surface area contributed by atoms with Crippen molar-refractivity contribution in [3.05, 3.63) is 52.1 Å². The van der Waals surface area contributed by atoms with Gasteiger partial charge in [-0.25, -0.2) is 0 Å². The first-order chi connectivity index (χ1) is 7.69. The van der Waals surface area contributed by atoms with Crippen molar-refractivity contribution in [2.75, 3.05) is 0 Å². The second-order valence-corrected chi connectivity index (χ2v) is 3.54. The zero-order valence-corrected chi connectivity index (χ0v) is 9.49. The summed E-state index contributed by atoms with van der Waals surface area (Å²) >= 11 is 5.96. The molecule has 2 nitrogen and oxygen atoms in total. The predicted molar refractivity (Wildman–Crippen MR) is 64.4 cm³/mol. The molecule has 1 aromatic rings. The van der Waals surface area contributed by atoms with Crippen molar-refractivity contribution in [2.24, 2.45) is 0 Å². The van der Waals surface area contributed by atoms with E-state index >= 15 is 0 Å². The molecule has 3 heteroatoms. The Morgan fingerprint density at radius 1 is 1.25 bits per heavy atom. The average molecular weight is 229 g/mol. The van der Waals surface area contributed by atoms with Crippen LogP contribution in [0.3, 0.4) is 0 Å². The molecule has 0 aliphatic carbocycles. The minimum absolute atomic E-state index is 0.114. The molecule has 1 aromatic carbocycles. The van der Waals surface area contributed by atoms with Gasteiger partial charge in [-0.15, -0.1) is 0 Å². The lowest BCUT2D eigenvalue weighted by Crippen LogP contribution is -1.79. The molecule has 0 aliphatic heterocycles. The molecule has 78 valence electrons. The fourth-order valence-electron chi connectivity index (χ4n) is 1.11.